The normalized spacial score (nSPS) is 18.7. The van der Waals surface area contributed by atoms with Crippen LogP contribution in [0.4, 0.5) is 17.5 Å². The Morgan fingerprint density at radius 2 is 2.00 bits per heavy atom. The third kappa shape index (κ3) is 4.83. The summed E-state index contributed by atoms with van der Waals surface area (Å²) in [6, 6.07) is 6.97. The molecule has 2 unspecified atom stereocenters. The van der Waals surface area contributed by atoms with Crippen molar-refractivity contribution in [1.82, 2.24) is 19.5 Å². The van der Waals surface area contributed by atoms with Crippen LogP contribution in [-0.4, -0.2) is 19.5 Å². The maximum Gasteiger partial charge on any atom is 0.231 e. The zero-order valence-corrected chi connectivity index (χ0v) is 19.2. The van der Waals surface area contributed by atoms with E-state index in [1.54, 1.807) is 0 Å². The summed E-state index contributed by atoms with van der Waals surface area (Å²) in [5.74, 6) is 1.76. The van der Waals surface area contributed by atoms with E-state index in [2.05, 4.69) is 58.8 Å². The Balaban J connectivity index is 1.52. The first-order valence-electron chi connectivity index (χ1n) is 12.0. The van der Waals surface area contributed by atoms with Crippen LogP contribution < -0.4 is 11.1 Å². The lowest BCUT2D eigenvalue weighted by Gasteiger charge is -2.14. The van der Waals surface area contributed by atoms with Crippen LogP contribution in [0.2, 0.25) is 0 Å². The van der Waals surface area contributed by atoms with Gasteiger partial charge in [0.05, 0.1) is 6.33 Å². The Bertz CT molecular complexity index is 1020. The maximum atomic E-state index is 6.24. The smallest absolute Gasteiger partial charge is 0.231 e. The predicted molar refractivity (Wildman–Crippen MR) is 129 cm³/mol. The van der Waals surface area contributed by atoms with Gasteiger partial charge < -0.3 is 15.6 Å². The molecule has 2 heterocycles. The molecule has 31 heavy (non-hydrogen) atoms. The summed E-state index contributed by atoms with van der Waals surface area (Å²) >= 11 is 0. The van der Waals surface area contributed by atoms with Crippen LogP contribution in [0.1, 0.15) is 82.4 Å². The number of nitrogens with zero attached hydrogens (tertiary/aromatic N) is 4. The highest BCUT2D eigenvalue weighted by Crippen LogP contribution is 2.38. The van der Waals surface area contributed by atoms with Gasteiger partial charge in [-0.1, -0.05) is 45.6 Å². The first-order chi connectivity index (χ1) is 15.1. The van der Waals surface area contributed by atoms with E-state index >= 15 is 0 Å². The van der Waals surface area contributed by atoms with Gasteiger partial charge in [0.25, 0.3) is 0 Å². The fourth-order valence-electron chi connectivity index (χ4n) is 4.86. The Kier molecular flexibility index (Phi) is 6.73. The molecule has 4 rings (SSSR count). The summed E-state index contributed by atoms with van der Waals surface area (Å²) in [4.78, 5) is 13.8. The van der Waals surface area contributed by atoms with Crippen molar-refractivity contribution in [2.45, 2.75) is 84.6 Å². The van der Waals surface area contributed by atoms with E-state index in [0.29, 0.717) is 23.3 Å². The first kappa shape index (κ1) is 21.6. The lowest BCUT2D eigenvalue weighted by Crippen LogP contribution is -2.08. The molecule has 3 aromatic rings. The van der Waals surface area contributed by atoms with Crippen LogP contribution in [-0.2, 0) is 6.42 Å². The number of unbranched alkanes of at least 4 members (excludes halogenated alkanes) is 3. The molecule has 6 heteroatoms. The van der Waals surface area contributed by atoms with E-state index in [1.807, 2.05) is 6.33 Å². The summed E-state index contributed by atoms with van der Waals surface area (Å²) in [6.07, 6.45) is 13.0. The van der Waals surface area contributed by atoms with Gasteiger partial charge in [0.2, 0.25) is 5.95 Å². The van der Waals surface area contributed by atoms with Crippen molar-refractivity contribution in [3.63, 3.8) is 0 Å². The Morgan fingerprint density at radius 3 is 2.74 bits per heavy atom. The van der Waals surface area contributed by atoms with Gasteiger partial charge in [-0.05, 0) is 68.2 Å². The standard InChI is InChI=1S/C25H36N6/c1-4-6-7-8-9-19-11-12-20(14-17(19)3)28-25-29-23(26)22-24(30-25)31(16-27-22)21-13-10-18(5-2)15-21/h11-12,14,16,18,21H,4-10,13,15H2,1-3H3,(H3,26,28,29,30). The lowest BCUT2D eigenvalue weighted by molar-refractivity contribution is 0.474. The molecule has 3 N–H and O–H groups in total. The second-order valence-electron chi connectivity index (χ2n) is 9.07. The highest BCUT2D eigenvalue weighted by atomic mass is 15.2. The fraction of sp³-hybridized carbons (Fsp3) is 0.560. The summed E-state index contributed by atoms with van der Waals surface area (Å²) < 4.78 is 2.21. The van der Waals surface area contributed by atoms with E-state index in [4.69, 9.17) is 10.7 Å². The maximum absolute atomic E-state index is 6.24. The molecule has 1 aromatic carbocycles. The molecule has 0 spiro atoms. The average molecular weight is 421 g/mol. The van der Waals surface area contributed by atoms with Crippen molar-refractivity contribution < 1.29 is 0 Å². The molecule has 1 fully saturated rings. The first-order valence-corrected chi connectivity index (χ1v) is 12.0. The van der Waals surface area contributed by atoms with Gasteiger partial charge in [-0.3, -0.25) is 0 Å². The molecule has 1 saturated carbocycles. The van der Waals surface area contributed by atoms with E-state index < -0.39 is 0 Å². The minimum Gasteiger partial charge on any atom is -0.382 e. The molecule has 2 atom stereocenters. The topological polar surface area (TPSA) is 81.6 Å². The number of nitrogens with two attached hydrogens (primary N) is 1. The van der Waals surface area contributed by atoms with Crippen LogP contribution in [0, 0.1) is 12.8 Å². The molecule has 6 nitrogen and oxygen atoms in total. The number of imidazole rings is 1. The number of fused-ring (bicyclic) bond motifs is 1. The molecular weight excluding hydrogens is 384 g/mol. The zero-order chi connectivity index (χ0) is 21.8. The minimum atomic E-state index is 0.431. The van der Waals surface area contributed by atoms with Gasteiger partial charge in [-0.25, -0.2) is 4.98 Å². The van der Waals surface area contributed by atoms with E-state index in [1.165, 1.54) is 62.5 Å². The molecular formula is C25H36N6. The number of nitrogens with one attached hydrogen (secondary N) is 1. The van der Waals surface area contributed by atoms with Crippen molar-refractivity contribution >= 4 is 28.6 Å². The fourth-order valence-corrected chi connectivity index (χ4v) is 4.86. The number of nitrogen functional groups attached to an aromatic ring is 1. The van der Waals surface area contributed by atoms with Crippen LogP contribution in [0.3, 0.4) is 0 Å². The molecule has 0 bridgehead atoms. The number of anilines is 3. The van der Waals surface area contributed by atoms with Crippen LogP contribution >= 0.6 is 0 Å². The van der Waals surface area contributed by atoms with Crippen LogP contribution in [0.15, 0.2) is 24.5 Å². The highest BCUT2D eigenvalue weighted by molar-refractivity contribution is 5.83. The Hall–Kier alpha value is -2.63. The average Bonchev–Trinajstić information content (AvgIpc) is 3.39. The molecule has 0 saturated heterocycles. The SMILES string of the molecule is CCCCCCc1ccc(Nc2nc(N)c3ncn(C4CCC(CC)C4)c3n2)cc1C. The number of hydrogen-bond acceptors (Lipinski definition) is 5. The molecule has 1 aliphatic carbocycles. The van der Waals surface area contributed by atoms with Crippen LogP contribution in [0.5, 0.6) is 0 Å². The number of hydrogen-bond donors (Lipinski definition) is 2. The lowest BCUT2D eigenvalue weighted by atomic mass is 10.0. The van der Waals surface area contributed by atoms with Crippen molar-refractivity contribution in [2.75, 3.05) is 11.1 Å². The van der Waals surface area contributed by atoms with Gasteiger partial charge in [-0.15, -0.1) is 0 Å². The second-order valence-corrected chi connectivity index (χ2v) is 9.07. The largest absolute Gasteiger partial charge is 0.382 e. The van der Waals surface area contributed by atoms with Gasteiger partial charge in [0.15, 0.2) is 11.5 Å². The van der Waals surface area contributed by atoms with Crippen molar-refractivity contribution in [3.05, 3.63) is 35.7 Å². The molecule has 0 radical (unpaired) electrons. The Labute approximate surface area is 185 Å². The summed E-state index contributed by atoms with van der Waals surface area (Å²) in [5, 5.41) is 3.37. The monoisotopic (exact) mass is 420 g/mol. The van der Waals surface area contributed by atoms with Gasteiger partial charge in [0, 0.05) is 11.7 Å². The summed E-state index contributed by atoms with van der Waals surface area (Å²) in [6.45, 7) is 6.71. The Morgan fingerprint density at radius 1 is 1.13 bits per heavy atom. The molecule has 166 valence electrons. The summed E-state index contributed by atoms with van der Waals surface area (Å²) in [5.41, 5.74) is 11.5. The van der Waals surface area contributed by atoms with Gasteiger partial charge in [-0.2, -0.15) is 9.97 Å². The third-order valence-corrected chi connectivity index (χ3v) is 6.83. The zero-order valence-electron chi connectivity index (χ0n) is 19.2. The number of benzene rings is 1. The number of rotatable bonds is 9. The highest BCUT2D eigenvalue weighted by Gasteiger charge is 2.26. The third-order valence-electron chi connectivity index (χ3n) is 6.83. The van der Waals surface area contributed by atoms with E-state index in [-0.39, 0.29) is 0 Å². The van der Waals surface area contributed by atoms with E-state index in [9.17, 15) is 0 Å². The quantitative estimate of drug-likeness (QED) is 0.395. The molecule has 1 aliphatic rings. The van der Waals surface area contributed by atoms with Crippen molar-refractivity contribution in [3.8, 4) is 0 Å². The second kappa shape index (κ2) is 9.67. The van der Waals surface area contributed by atoms with Gasteiger partial charge in [0.1, 0.15) is 5.52 Å². The predicted octanol–water partition coefficient (Wildman–Crippen LogP) is 6.33. The molecule has 0 aliphatic heterocycles. The van der Waals surface area contributed by atoms with Crippen LogP contribution in [0.25, 0.3) is 11.2 Å². The number of aromatic nitrogens is 4. The van der Waals surface area contributed by atoms with Gasteiger partial charge >= 0.3 is 0 Å². The number of aryl methyl sites for hydroxylation is 2. The molecule has 0 amide bonds. The summed E-state index contributed by atoms with van der Waals surface area (Å²) in [7, 11) is 0. The van der Waals surface area contributed by atoms with Crippen molar-refractivity contribution in [2.24, 2.45) is 5.92 Å². The van der Waals surface area contributed by atoms with Crippen molar-refractivity contribution in [1.29, 1.82) is 0 Å². The van der Waals surface area contributed by atoms with E-state index in [0.717, 1.165) is 23.7 Å². The molecule has 2 aromatic heterocycles. The minimum absolute atomic E-state index is 0.431.